The first kappa shape index (κ1) is 23.5. The molecule has 32 heavy (non-hydrogen) atoms. The van der Waals surface area contributed by atoms with Crippen LogP contribution < -0.4 is 0 Å². The number of piperazine rings is 1. The minimum atomic E-state index is 0.719. The molecule has 0 radical (unpaired) electrons. The van der Waals surface area contributed by atoms with Crippen LogP contribution >= 0.6 is 0 Å². The van der Waals surface area contributed by atoms with E-state index in [-0.39, 0.29) is 0 Å². The highest BCUT2D eigenvalue weighted by molar-refractivity contribution is 5.05. The van der Waals surface area contributed by atoms with Crippen molar-refractivity contribution in [1.82, 2.24) is 29.4 Å². The Morgan fingerprint density at radius 1 is 0.594 bits per heavy atom. The van der Waals surface area contributed by atoms with E-state index < -0.39 is 0 Å². The largest absolute Gasteiger partial charge is 0.306 e. The molecular formula is C26H50N6. The van der Waals surface area contributed by atoms with Gasteiger partial charge in [0.2, 0.25) is 0 Å². The zero-order chi connectivity index (χ0) is 22.2. The molecule has 0 aromatic rings. The lowest BCUT2D eigenvalue weighted by molar-refractivity contribution is 0.0133. The molecular weight excluding hydrogens is 396 g/mol. The van der Waals surface area contributed by atoms with Crippen LogP contribution in [0.2, 0.25) is 0 Å². The van der Waals surface area contributed by atoms with Crippen molar-refractivity contribution in [3.63, 3.8) is 0 Å². The van der Waals surface area contributed by atoms with Crippen LogP contribution in [0.1, 0.15) is 25.7 Å². The molecule has 5 heterocycles. The van der Waals surface area contributed by atoms with Gasteiger partial charge in [-0.25, -0.2) is 0 Å². The molecule has 6 nitrogen and oxygen atoms in total. The van der Waals surface area contributed by atoms with E-state index in [1.54, 1.807) is 0 Å². The minimum absolute atomic E-state index is 0.719. The monoisotopic (exact) mass is 446 g/mol. The van der Waals surface area contributed by atoms with E-state index in [0.717, 1.165) is 35.8 Å². The number of rotatable bonds is 5. The number of likely N-dealkylation sites (tertiary alicyclic amines) is 4. The smallest absolute Gasteiger partial charge is 0.0382 e. The summed E-state index contributed by atoms with van der Waals surface area (Å²) >= 11 is 0. The standard InChI is InChI=1S/C26H50N6/c1-27-9-5-21(6-10-27)15-31-18-23-17-30(4)26(24(23)19-31)25-20-29(3)13-14-32(25)16-22-7-11-28(2)12-8-22/h21-26H,5-20H2,1-4H3/t23-,24+,25?,26?/m1/s1. The van der Waals surface area contributed by atoms with Gasteiger partial charge < -0.3 is 24.5 Å². The number of hydrogen-bond acceptors (Lipinski definition) is 6. The predicted molar refractivity (Wildman–Crippen MR) is 133 cm³/mol. The second-order valence-electron chi connectivity index (χ2n) is 12.4. The second kappa shape index (κ2) is 10.2. The van der Waals surface area contributed by atoms with E-state index in [9.17, 15) is 0 Å². The van der Waals surface area contributed by atoms with Crippen LogP contribution in [0.4, 0.5) is 0 Å². The van der Waals surface area contributed by atoms with Crippen molar-refractivity contribution in [3.05, 3.63) is 0 Å². The molecule has 5 rings (SSSR count). The Labute approximate surface area is 197 Å². The summed E-state index contributed by atoms with van der Waals surface area (Å²) in [5, 5.41) is 0. The van der Waals surface area contributed by atoms with E-state index >= 15 is 0 Å². The maximum Gasteiger partial charge on any atom is 0.0382 e. The normalized spacial score (nSPS) is 38.6. The third-order valence-corrected chi connectivity index (χ3v) is 9.85. The van der Waals surface area contributed by atoms with Gasteiger partial charge in [0.1, 0.15) is 0 Å². The van der Waals surface area contributed by atoms with Gasteiger partial charge >= 0.3 is 0 Å². The first-order valence-corrected chi connectivity index (χ1v) is 13.7. The Morgan fingerprint density at radius 2 is 1.22 bits per heavy atom. The third-order valence-electron chi connectivity index (χ3n) is 9.85. The summed E-state index contributed by atoms with van der Waals surface area (Å²) in [6, 6.07) is 1.47. The Hall–Kier alpha value is -0.240. The van der Waals surface area contributed by atoms with Gasteiger partial charge in [0.25, 0.3) is 0 Å². The topological polar surface area (TPSA) is 19.4 Å². The van der Waals surface area contributed by atoms with Gasteiger partial charge in [-0.2, -0.15) is 0 Å². The van der Waals surface area contributed by atoms with Crippen LogP contribution in [-0.4, -0.2) is 148 Å². The Morgan fingerprint density at radius 3 is 1.88 bits per heavy atom. The number of hydrogen-bond donors (Lipinski definition) is 0. The molecule has 0 aromatic carbocycles. The van der Waals surface area contributed by atoms with Gasteiger partial charge in [-0.05, 0) is 104 Å². The van der Waals surface area contributed by atoms with Gasteiger partial charge in [0.15, 0.2) is 0 Å². The highest BCUT2D eigenvalue weighted by atomic mass is 15.3. The fourth-order valence-electron chi connectivity index (χ4n) is 7.84. The molecule has 5 aliphatic heterocycles. The lowest BCUT2D eigenvalue weighted by atomic mass is 9.87. The van der Waals surface area contributed by atoms with E-state index in [2.05, 4.69) is 57.6 Å². The van der Waals surface area contributed by atoms with Crippen molar-refractivity contribution in [2.45, 2.75) is 37.8 Å². The maximum absolute atomic E-state index is 2.94. The Bertz CT molecular complexity index is 599. The molecule has 4 atom stereocenters. The van der Waals surface area contributed by atoms with Crippen LogP contribution in [0.15, 0.2) is 0 Å². The lowest BCUT2D eigenvalue weighted by Gasteiger charge is -2.47. The van der Waals surface area contributed by atoms with E-state index in [0.29, 0.717) is 0 Å². The summed E-state index contributed by atoms with van der Waals surface area (Å²) in [5.41, 5.74) is 0. The van der Waals surface area contributed by atoms with E-state index in [4.69, 9.17) is 0 Å². The summed E-state index contributed by atoms with van der Waals surface area (Å²) in [6.45, 7) is 15.7. The molecule has 0 amide bonds. The average molecular weight is 447 g/mol. The van der Waals surface area contributed by atoms with Crippen LogP contribution in [0.5, 0.6) is 0 Å². The molecule has 6 heteroatoms. The molecule has 0 N–H and O–H groups in total. The van der Waals surface area contributed by atoms with Crippen molar-refractivity contribution in [2.24, 2.45) is 23.7 Å². The Balaban J connectivity index is 1.22. The van der Waals surface area contributed by atoms with Gasteiger partial charge in [-0.15, -0.1) is 0 Å². The van der Waals surface area contributed by atoms with Gasteiger partial charge in [0.05, 0.1) is 0 Å². The average Bonchev–Trinajstić information content (AvgIpc) is 3.28. The highest BCUT2D eigenvalue weighted by Crippen LogP contribution is 2.39. The van der Waals surface area contributed by atoms with Crippen molar-refractivity contribution >= 4 is 0 Å². The first-order valence-electron chi connectivity index (χ1n) is 13.7. The molecule has 0 bridgehead atoms. The van der Waals surface area contributed by atoms with Crippen molar-refractivity contribution in [2.75, 3.05) is 107 Å². The van der Waals surface area contributed by atoms with Crippen LogP contribution in [0, 0.1) is 23.7 Å². The third kappa shape index (κ3) is 5.21. The lowest BCUT2D eigenvalue weighted by Crippen LogP contribution is -2.61. The summed E-state index contributed by atoms with van der Waals surface area (Å²) in [4.78, 5) is 16.2. The number of likely N-dealkylation sites (N-methyl/N-ethyl adjacent to an activating group) is 2. The molecule has 0 aliphatic carbocycles. The molecule has 0 spiro atoms. The fraction of sp³-hybridized carbons (Fsp3) is 1.00. The molecule has 5 fully saturated rings. The fourth-order valence-corrected chi connectivity index (χ4v) is 7.84. The SMILES string of the molecule is CN1CCC(CN2C[C@H]3CN(C)C(C4CN(C)CCN4CC4CCN(C)CC4)[C@H]3C2)CC1. The number of nitrogens with zero attached hydrogens (tertiary/aromatic N) is 6. The van der Waals surface area contributed by atoms with Crippen molar-refractivity contribution in [1.29, 1.82) is 0 Å². The molecule has 0 saturated carbocycles. The first-order chi connectivity index (χ1) is 15.5. The predicted octanol–water partition coefficient (Wildman–Crippen LogP) is 1.15. The molecule has 5 saturated heterocycles. The maximum atomic E-state index is 2.94. The summed E-state index contributed by atoms with van der Waals surface area (Å²) in [6.07, 6.45) is 5.60. The summed E-state index contributed by atoms with van der Waals surface area (Å²) in [5.74, 6) is 3.61. The van der Waals surface area contributed by atoms with Crippen LogP contribution in [-0.2, 0) is 0 Å². The van der Waals surface area contributed by atoms with Crippen molar-refractivity contribution in [3.8, 4) is 0 Å². The molecule has 5 aliphatic rings. The van der Waals surface area contributed by atoms with Gasteiger partial charge in [-0.3, -0.25) is 4.90 Å². The molecule has 2 unspecified atom stereocenters. The number of fused-ring (bicyclic) bond motifs is 1. The second-order valence-corrected chi connectivity index (χ2v) is 12.4. The van der Waals surface area contributed by atoms with Gasteiger partial charge in [-0.1, -0.05) is 0 Å². The van der Waals surface area contributed by atoms with Crippen LogP contribution in [0.25, 0.3) is 0 Å². The zero-order valence-electron chi connectivity index (χ0n) is 21.5. The Kier molecular flexibility index (Phi) is 7.47. The van der Waals surface area contributed by atoms with Gasteiger partial charge in [0, 0.05) is 64.4 Å². The van der Waals surface area contributed by atoms with E-state index in [1.807, 2.05) is 0 Å². The van der Waals surface area contributed by atoms with Crippen LogP contribution in [0.3, 0.4) is 0 Å². The van der Waals surface area contributed by atoms with E-state index in [1.165, 1.54) is 104 Å². The zero-order valence-corrected chi connectivity index (χ0v) is 21.5. The molecule has 0 aromatic heterocycles. The highest BCUT2D eigenvalue weighted by Gasteiger charge is 2.50. The quantitative estimate of drug-likeness (QED) is 0.627. The summed E-state index contributed by atoms with van der Waals surface area (Å²) < 4.78 is 0. The minimum Gasteiger partial charge on any atom is -0.306 e. The summed E-state index contributed by atoms with van der Waals surface area (Å²) in [7, 11) is 9.37. The van der Waals surface area contributed by atoms with Crippen molar-refractivity contribution < 1.29 is 0 Å². The number of piperidine rings is 2. The molecule has 184 valence electrons.